The van der Waals surface area contributed by atoms with E-state index in [9.17, 15) is 19.5 Å². The molecule has 3 aliphatic rings. The van der Waals surface area contributed by atoms with Crippen molar-refractivity contribution in [2.45, 2.75) is 94.8 Å². The lowest BCUT2D eigenvalue weighted by atomic mass is 9.70. The minimum Gasteiger partial charge on any atom is -0.394 e. The van der Waals surface area contributed by atoms with Gasteiger partial charge in [-0.05, 0) is 44.9 Å². The molecule has 3 amide bonds. The summed E-state index contributed by atoms with van der Waals surface area (Å²) in [6.07, 6.45) is 6.25. The Labute approximate surface area is 227 Å². The fraction of sp³-hybridized carbons (Fsp3) is 0.759. The van der Waals surface area contributed by atoms with Crippen LogP contribution in [0.5, 0.6) is 0 Å². The topological polar surface area (TPSA) is 81.2 Å². The van der Waals surface area contributed by atoms with E-state index in [1.165, 1.54) is 0 Å². The summed E-state index contributed by atoms with van der Waals surface area (Å²) in [5, 5.41) is 10.3. The van der Waals surface area contributed by atoms with Gasteiger partial charge in [0.1, 0.15) is 6.04 Å². The molecule has 0 radical (unpaired) electrons. The molecule has 2 unspecified atom stereocenters. The summed E-state index contributed by atoms with van der Waals surface area (Å²) >= 11 is 1.67. The average Bonchev–Trinajstić information content (AvgIpc) is 3.44. The quantitative estimate of drug-likeness (QED) is 0.410. The van der Waals surface area contributed by atoms with Crippen LogP contribution in [0.3, 0.4) is 0 Å². The van der Waals surface area contributed by atoms with Crippen LogP contribution in [0.15, 0.2) is 25.3 Å². The van der Waals surface area contributed by atoms with Gasteiger partial charge in [0.15, 0.2) is 0 Å². The third-order valence-electron chi connectivity index (χ3n) is 8.38. The summed E-state index contributed by atoms with van der Waals surface area (Å²) < 4.78 is -0.673. The van der Waals surface area contributed by atoms with Gasteiger partial charge >= 0.3 is 0 Å². The third-order valence-corrected chi connectivity index (χ3v) is 10.3. The second-order valence-corrected chi connectivity index (χ2v) is 14.4. The third kappa shape index (κ3) is 5.12. The number of rotatable bonds is 11. The van der Waals surface area contributed by atoms with Crippen molar-refractivity contribution in [2.75, 3.05) is 26.7 Å². The number of thioether (sulfide) groups is 1. The Hall–Kier alpha value is -1.80. The van der Waals surface area contributed by atoms with E-state index < -0.39 is 34.2 Å². The number of carbonyl (C=O) groups excluding carboxylic acids is 3. The molecular weight excluding hydrogens is 486 g/mol. The normalized spacial score (nSPS) is 29.7. The smallest absolute Gasteiger partial charge is 0.247 e. The van der Waals surface area contributed by atoms with Gasteiger partial charge in [-0.25, -0.2) is 0 Å². The number of carbonyl (C=O) groups is 3. The molecule has 3 saturated heterocycles. The maximum absolute atomic E-state index is 14.7. The number of aliphatic hydroxyl groups excluding tert-OH is 1. The fourth-order valence-electron chi connectivity index (χ4n) is 7.30. The van der Waals surface area contributed by atoms with Gasteiger partial charge < -0.3 is 19.8 Å². The molecule has 0 aromatic heterocycles. The highest BCUT2D eigenvalue weighted by atomic mass is 32.2. The van der Waals surface area contributed by atoms with Gasteiger partial charge in [0.25, 0.3) is 0 Å². The molecule has 3 heterocycles. The first-order chi connectivity index (χ1) is 17.2. The van der Waals surface area contributed by atoms with Crippen LogP contribution in [-0.2, 0) is 14.4 Å². The highest BCUT2D eigenvalue weighted by Gasteiger charge is 2.74. The van der Waals surface area contributed by atoms with Crippen molar-refractivity contribution in [1.82, 2.24) is 14.7 Å². The number of aliphatic hydroxyl groups is 1. The van der Waals surface area contributed by atoms with Gasteiger partial charge in [-0.2, -0.15) is 0 Å². The fourth-order valence-corrected chi connectivity index (χ4v) is 9.50. The standard InChI is InChI=1S/C29H47N3O4S/c1-10-15-30(9)24(34)21-20-13-14-29(37-20)22(21)25(35)32(19(12-3)17-33)23(29)26(36)31(16-11-2)28(7,8)18-27(4,5)6/h10-11,19-23,33H,1-2,12-18H2,3-9H3/t19-,20+,21-,22-,23?,29?/m0/s1. The number of amides is 3. The van der Waals surface area contributed by atoms with Crippen molar-refractivity contribution < 1.29 is 19.5 Å². The molecular formula is C29H47N3O4S. The number of likely N-dealkylation sites (N-methyl/N-ethyl adjacent to an activating group) is 1. The Bertz CT molecular complexity index is 925. The molecule has 7 nitrogen and oxygen atoms in total. The molecule has 2 bridgehead atoms. The number of hydrogen-bond acceptors (Lipinski definition) is 5. The number of likely N-dealkylation sites (tertiary alicyclic amines) is 1. The number of fused-ring (bicyclic) bond motifs is 1. The molecule has 1 spiro atoms. The number of hydrogen-bond donors (Lipinski definition) is 1. The Morgan fingerprint density at radius 2 is 1.81 bits per heavy atom. The van der Waals surface area contributed by atoms with Crippen LogP contribution < -0.4 is 0 Å². The summed E-state index contributed by atoms with van der Waals surface area (Å²) in [5.41, 5.74) is -0.491. The molecule has 37 heavy (non-hydrogen) atoms. The first-order valence-corrected chi connectivity index (χ1v) is 14.5. The first kappa shape index (κ1) is 29.8. The number of nitrogens with zero attached hydrogens (tertiary/aromatic N) is 3. The van der Waals surface area contributed by atoms with Gasteiger partial charge in [0.05, 0.1) is 29.2 Å². The van der Waals surface area contributed by atoms with Crippen molar-refractivity contribution in [3.05, 3.63) is 25.3 Å². The van der Waals surface area contributed by atoms with Crippen LogP contribution in [0.4, 0.5) is 0 Å². The van der Waals surface area contributed by atoms with Crippen LogP contribution in [-0.4, -0.2) is 91.9 Å². The second-order valence-electron chi connectivity index (χ2n) is 12.8. The molecule has 3 rings (SSSR count). The molecule has 0 saturated carbocycles. The largest absolute Gasteiger partial charge is 0.394 e. The van der Waals surface area contributed by atoms with E-state index >= 15 is 0 Å². The van der Waals surface area contributed by atoms with Gasteiger partial charge in [0.2, 0.25) is 17.7 Å². The second kappa shape index (κ2) is 10.8. The highest BCUT2D eigenvalue weighted by molar-refractivity contribution is 8.02. The lowest BCUT2D eigenvalue weighted by molar-refractivity contribution is -0.149. The maximum atomic E-state index is 14.7. The van der Waals surface area contributed by atoms with E-state index in [4.69, 9.17) is 0 Å². The molecule has 0 aliphatic carbocycles. The van der Waals surface area contributed by atoms with Gasteiger partial charge in [0, 0.05) is 30.9 Å². The maximum Gasteiger partial charge on any atom is 0.247 e. The minimum absolute atomic E-state index is 0.0100. The molecule has 1 N–H and O–H groups in total. The van der Waals surface area contributed by atoms with Crippen LogP contribution in [0.1, 0.15) is 67.2 Å². The van der Waals surface area contributed by atoms with Crippen LogP contribution in [0.25, 0.3) is 0 Å². The van der Waals surface area contributed by atoms with Gasteiger partial charge in [-0.1, -0.05) is 39.8 Å². The monoisotopic (exact) mass is 533 g/mol. The summed E-state index contributed by atoms with van der Waals surface area (Å²) in [6.45, 7) is 20.8. The molecule has 3 aliphatic heterocycles. The van der Waals surface area contributed by atoms with Crippen LogP contribution in [0, 0.1) is 17.3 Å². The zero-order valence-electron chi connectivity index (χ0n) is 23.8. The molecule has 0 aromatic rings. The Morgan fingerprint density at radius 3 is 2.32 bits per heavy atom. The van der Waals surface area contributed by atoms with E-state index in [1.807, 2.05) is 11.8 Å². The van der Waals surface area contributed by atoms with Crippen molar-refractivity contribution >= 4 is 29.5 Å². The molecule has 208 valence electrons. The van der Waals surface area contributed by atoms with Gasteiger partial charge in [-0.3, -0.25) is 14.4 Å². The summed E-state index contributed by atoms with van der Waals surface area (Å²) in [6, 6.07) is -1.20. The minimum atomic E-state index is -0.723. The Balaban J connectivity index is 2.12. The first-order valence-electron chi connectivity index (χ1n) is 13.6. The molecule has 3 fully saturated rings. The van der Waals surface area contributed by atoms with E-state index in [2.05, 4.69) is 47.8 Å². The molecule has 0 aromatic carbocycles. The van der Waals surface area contributed by atoms with Crippen molar-refractivity contribution in [2.24, 2.45) is 17.3 Å². The zero-order chi connectivity index (χ0) is 27.9. The predicted octanol–water partition coefficient (Wildman–Crippen LogP) is 3.72. The van der Waals surface area contributed by atoms with E-state index in [1.54, 1.807) is 40.8 Å². The summed E-state index contributed by atoms with van der Waals surface area (Å²) in [5.74, 6) is -1.35. The summed E-state index contributed by atoms with van der Waals surface area (Å²) in [4.78, 5) is 47.7. The molecule has 8 heteroatoms. The van der Waals surface area contributed by atoms with Crippen molar-refractivity contribution in [3.8, 4) is 0 Å². The van der Waals surface area contributed by atoms with E-state index in [0.717, 1.165) is 12.8 Å². The SMILES string of the molecule is C=CCN(C)C(=O)[C@@H]1[C@H]2C(=O)N([C@@H](CC)CO)C(C(=O)N(CC=C)C(C)(C)CC(C)(C)C)C23CC[C@H]1S3. The lowest BCUT2D eigenvalue weighted by Gasteiger charge is -2.46. The van der Waals surface area contributed by atoms with Crippen molar-refractivity contribution in [3.63, 3.8) is 0 Å². The predicted molar refractivity (Wildman–Crippen MR) is 150 cm³/mol. The Morgan fingerprint density at radius 1 is 1.19 bits per heavy atom. The van der Waals surface area contributed by atoms with Crippen LogP contribution >= 0.6 is 11.8 Å². The van der Waals surface area contributed by atoms with E-state index in [-0.39, 0.29) is 35.0 Å². The van der Waals surface area contributed by atoms with Crippen LogP contribution in [0.2, 0.25) is 0 Å². The summed E-state index contributed by atoms with van der Waals surface area (Å²) in [7, 11) is 1.75. The Kier molecular flexibility index (Phi) is 8.65. The average molecular weight is 534 g/mol. The highest BCUT2D eigenvalue weighted by Crippen LogP contribution is 2.67. The van der Waals surface area contributed by atoms with E-state index in [0.29, 0.717) is 25.9 Å². The lowest BCUT2D eigenvalue weighted by Crippen LogP contribution is -2.61. The van der Waals surface area contributed by atoms with Crippen molar-refractivity contribution in [1.29, 1.82) is 0 Å². The van der Waals surface area contributed by atoms with Gasteiger partial charge in [-0.15, -0.1) is 24.9 Å². The molecule has 6 atom stereocenters. The zero-order valence-corrected chi connectivity index (χ0v) is 24.6.